The third kappa shape index (κ3) is 5.30. The first kappa shape index (κ1) is 16.3. The molecule has 0 heterocycles. The number of benzene rings is 2. The lowest BCUT2D eigenvalue weighted by atomic mass is 10.2. The molecule has 0 saturated heterocycles. The van der Waals surface area contributed by atoms with E-state index in [2.05, 4.69) is 5.32 Å². The van der Waals surface area contributed by atoms with Crippen LogP contribution in [0.3, 0.4) is 0 Å². The molecule has 1 amide bonds. The maximum absolute atomic E-state index is 11.9. The monoisotopic (exact) mass is 337 g/mol. The minimum Gasteiger partial charge on any atom is -0.325 e. The molecule has 2 nitrogen and oxygen atoms in total. The quantitative estimate of drug-likeness (QED) is 0.757. The average molecular weight is 338 g/mol. The van der Waals surface area contributed by atoms with Crippen LogP contribution in [0.2, 0.25) is 5.02 Å². The Kier molecular flexibility index (Phi) is 6.49. The van der Waals surface area contributed by atoms with E-state index in [-0.39, 0.29) is 5.91 Å². The highest BCUT2D eigenvalue weighted by Crippen LogP contribution is 2.22. The molecule has 2 aromatic rings. The molecule has 0 aliphatic carbocycles. The summed E-state index contributed by atoms with van der Waals surface area (Å²) in [5.74, 6) is 1.15. The molecule has 110 valence electrons. The second-order valence-electron chi connectivity index (χ2n) is 4.36. The SMILES string of the molecule is CSc1cccc(NC(=O)CSCc2ccccc2Cl)c1. The summed E-state index contributed by atoms with van der Waals surface area (Å²) in [6, 6.07) is 15.5. The fourth-order valence-corrected chi connectivity index (χ4v) is 3.34. The number of hydrogen-bond acceptors (Lipinski definition) is 3. The first-order chi connectivity index (χ1) is 10.2. The van der Waals surface area contributed by atoms with Crippen molar-refractivity contribution in [2.24, 2.45) is 0 Å². The van der Waals surface area contributed by atoms with Crippen LogP contribution in [-0.4, -0.2) is 17.9 Å². The van der Waals surface area contributed by atoms with Crippen molar-refractivity contribution < 1.29 is 4.79 Å². The summed E-state index contributed by atoms with van der Waals surface area (Å²) in [6.07, 6.45) is 2.01. The van der Waals surface area contributed by atoms with Crippen LogP contribution in [0.25, 0.3) is 0 Å². The normalized spacial score (nSPS) is 10.4. The second-order valence-corrected chi connectivity index (χ2v) is 6.64. The smallest absolute Gasteiger partial charge is 0.234 e. The summed E-state index contributed by atoms with van der Waals surface area (Å²) in [7, 11) is 0. The third-order valence-electron chi connectivity index (χ3n) is 2.80. The molecular weight excluding hydrogens is 322 g/mol. The zero-order valence-corrected chi connectivity index (χ0v) is 14.0. The number of carbonyl (C=O) groups excluding carboxylic acids is 1. The van der Waals surface area contributed by atoms with Crippen molar-refractivity contribution in [1.29, 1.82) is 0 Å². The Morgan fingerprint density at radius 2 is 2.00 bits per heavy atom. The van der Waals surface area contributed by atoms with Gasteiger partial charge in [-0.2, -0.15) is 0 Å². The molecule has 5 heteroatoms. The van der Waals surface area contributed by atoms with E-state index < -0.39 is 0 Å². The van der Waals surface area contributed by atoms with Crippen molar-refractivity contribution in [3.05, 3.63) is 59.1 Å². The number of anilines is 1. The first-order valence-electron chi connectivity index (χ1n) is 6.44. The fraction of sp³-hybridized carbons (Fsp3) is 0.188. The van der Waals surface area contributed by atoms with E-state index in [1.165, 1.54) is 0 Å². The maximum atomic E-state index is 11.9. The van der Waals surface area contributed by atoms with Crippen LogP contribution in [0.15, 0.2) is 53.4 Å². The van der Waals surface area contributed by atoms with Gasteiger partial charge in [0, 0.05) is 21.4 Å². The number of nitrogens with one attached hydrogen (secondary N) is 1. The highest BCUT2D eigenvalue weighted by Gasteiger charge is 2.05. The molecule has 0 saturated carbocycles. The summed E-state index contributed by atoms with van der Waals surface area (Å²) in [6.45, 7) is 0. The maximum Gasteiger partial charge on any atom is 0.234 e. The molecule has 0 fully saturated rings. The number of rotatable bonds is 6. The van der Waals surface area contributed by atoms with Gasteiger partial charge in [0.1, 0.15) is 0 Å². The lowest BCUT2D eigenvalue weighted by Gasteiger charge is -2.07. The van der Waals surface area contributed by atoms with E-state index in [9.17, 15) is 4.79 Å². The Balaban J connectivity index is 1.81. The molecule has 0 atom stereocenters. The van der Waals surface area contributed by atoms with E-state index in [0.29, 0.717) is 5.75 Å². The summed E-state index contributed by atoms with van der Waals surface area (Å²) < 4.78 is 0. The first-order valence-corrected chi connectivity index (χ1v) is 9.20. The van der Waals surface area contributed by atoms with Gasteiger partial charge in [-0.05, 0) is 36.1 Å². The fourth-order valence-electron chi connectivity index (χ4n) is 1.77. The van der Waals surface area contributed by atoms with Crippen molar-refractivity contribution in [3.8, 4) is 0 Å². The molecule has 1 N–H and O–H groups in total. The largest absolute Gasteiger partial charge is 0.325 e. The third-order valence-corrected chi connectivity index (χ3v) is 4.88. The molecule has 0 aliphatic rings. The van der Waals surface area contributed by atoms with Crippen molar-refractivity contribution in [1.82, 2.24) is 0 Å². The van der Waals surface area contributed by atoms with Crippen LogP contribution < -0.4 is 5.32 Å². The van der Waals surface area contributed by atoms with Gasteiger partial charge < -0.3 is 5.32 Å². The Morgan fingerprint density at radius 3 is 2.76 bits per heavy atom. The van der Waals surface area contributed by atoms with E-state index in [1.54, 1.807) is 23.5 Å². The van der Waals surface area contributed by atoms with Gasteiger partial charge in [0.2, 0.25) is 5.91 Å². The molecular formula is C16H16ClNOS2. The summed E-state index contributed by atoms with van der Waals surface area (Å²) in [5, 5.41) is 3.66. The molecule has 0 spiro atoms. The average Bonchev–Trinajstić information content (AvgIpc) is 2.49. The van der Waals surface area contributed by atoms with Gasteiger partial charge in [-0.1, -0.05) is 35.9 Å². The van der Waals surface area contributed by atoms with Gasteiger partial charge in [0.25, 0.3) is 0 Å². The van der Waals surface area contributed by atoms with Crippen LogP contribution in [0.4, 0.5) is 5.69 Å². The molecule has 21 heavy (non-hydrogen) atoms. The van der Waals surface area contributed by atoms with Gasteiger partial charge in [-0.3, -0.25) is 4.79 Å². The predicted molar refractivity (Wildman–Crippen MR) is 94.5 cm³/mol. The van der Waals surface area contributed by atoms with Crippen LogP contribution in [0, 0.1) is 0 Å². The number of carbonyl (C=O) groups is 1. The summed E-state index contributed by atoms with van der Waals surface area (Å²) >= 11 is 9.30. The van der Waals surface area contributed by atoms with Gasteiger partial charge in [0.15, 0.2) is 0 Å². The topological polar surface area (TPSA) is 29.1 Å². The highest BCUT2D eigenvalue weighted by atomic mass is 35.5. The Morgan fingerprint density at radius 1 is 1.19 bits per heavy atom. The zero-order chi connectivity index (χ0) is 15.1. The Labute approximate surface area is 138 Å². The molecule has 0 aliphatic heterocycles. The lowest BCUT2D eigenvalue weighted by molar-refractivity contribution is -0.113. The van der Waals surface area contributed by atoms with Crippen LogP contribution in [-0.2, 0) is 10.5 Å². The van der Waals surface area contributed by atoms with Gasteiger partial charge >= 0.3 is 0 Å². The van der Waals surface area contributed by atoms with Crippen LogP contribution in [0.1, 0.15) is 5.56 Å². The van der Waals surface area contributed by atoms with E-state index in [1.807, 2.05) is 54.8 Å². The number of thioether (sulfide) groups is 2. The molecule has 2 rings (SSSR count). The highest BCUT2D eigenvalue weighted by molar-refractivity contribution is 7.99. The Hall–Kier alpha value is -1.10. The van der Waals surface area contributed by atoms with E-state index in [4.69, 9.17) is 11.6 Å². The molecule has 0 aromatic heterocycles. The minimum atomic E-state index is 0.00491. The van der Waals surface area contributed by atoms with E-state index >= 15 is 0 Å². The lowest BCUT2D eigenvalue weighted by Crippen LogP contribution is -2.14. The predicted octanol–water partition coefficient (Wildman–Crippen LogP) is 4.93. The van der Waals surface area contributed by atoms with E-state index in [0.717, 1.165) is 26.9 Å². The van der Waals surface area contributed by atoms with Crippen molar-refractivity contribution >= 4 is 46.7 Å². The number of hydrogen-bond donors (Lipinski definition) is 1. The van der Waals surface area contributed by atoms with Crippen LogP contribution >= 0.6 is 35.1 Å². The van der Waals surface area contributed by atoms with Gasteiger partial charge in [0.05, 0.1) is 5.75 Å². The standard InChI is InChI=1S/C16H16ClNOS2/c1-20-14-7-4-6-13(9-14)18-16(19)11-21-10-12-5-2-3-8-15(12)17/h2-9H,10-11H2,1H3,(H,18,19). The molecule has 0 bridgehead atoms. The van der Waals surface area contributed by atoms with Crippen LogP contribution in [0.5, 0.6) is 0 Å². The Bertz CT molecular complexity index is 619. The number of halogens is 1. The molecule has 0 unspecified atom stereocenters. The minimum absolute atomic E-state index is 0.00491. The van der Waals surface area contributed by atoms with Gasteiger partial charge in [-0.25, -0.2) is 0 Å². The second kappa shape index (κ2) is 8.37. The van der Waals surface area contributed by atoms with Crippen molar-refractivity contribution in [3.63, 3.8) is 0 Å². The van der Waals surface area contributed by atoms with Crippen molar-refractivity contribution in [2.75, 3.05) is 17.3 Å². The number of amides is 1. The van der Waals surface area contributed by atoms with Crippen molar-refractivity contribution in [2.45, 2.75) is 10.6 Å². The summed E-state index contributed by atoms with van der Waals surface area (Å²) in [4.78, 5) is 13.1. The summed E-state index contributed by atoms with van der Waals surface area (Å²) in [5.41, 5.74) is 1.89. The molecule has 2 aromatic carbocycles. The zero-order valence-electron chi connectivity index (χ0n) is 11.6. The molecule has 0 radical (unpaired) electrons. The van der Waals surface area contributed by atoms with Gasteiger partial charge in [-0.15, -0.1) is 23.5 Å².